The van der Waals surface area contributed by atoms with E-state index in [0.29, 0.717) is 34.9 Å². The minimum atomic E-state index is -0.388. The van der Waals surface area contributed by atoms with Crippen LogP contribution in [0.3, 0.4) is 0 Å². The largest absolute Gasteiger partial charge is 0.367 e. The molecule has 0 fully saturated rings. The maximum atomic E-state index is 13.1. The Kier molecular flexibility index (Phi) is 8.42. The summed E-state index contributed by atoms with van der Waals surface area (Å²) in [7, 11) is 1.69. The van der Waals surface area contributed by atoms with Crippen LogP contribution in [0.25, 0.3) is 10.9 Å². The summed E-state index contributed by atoms with van der Waals surface area (Å²) >= 11 is 6.12. The molecular formula is C25H30ClN3O3. The molecule has 170 valence electrons. The molecule has 32 heavy (non-hydrogen) atoms. The van der Waals surface area contributed by atoms with Crippen molar-refractivity contribution in [1.29, 1.82) is 0 Å². The zero-order valence-corrected chi connectivity index (χ0v) is 19.6. The Morgan fingerprint density at radius 2 is 1.94 bits per heavy atom. The first kappa shape index (κ1) is 24.0. The topological polar surface area (TPSA) is 64.4 Å². The molecule has 6 nitrogen and oxygen atoms in total. The first-order valence-corrected chi connectivity index (χ1v) is 11.4. The smallest absolute Gasteiger partial charge is 0.261 e. The number of carbonyl (C=O) groups is 1. The van der Waals surface area contributed by atoms with Gasteiger partial charge in [0, 0.05) is 18.6 Å². The average Bonchev–Trinajstić information content (AvgIpc) is 2.79. The minimum Gasteiger partial charge on any atom is -0.367 e. The van der Waals surface area contributed by atoms with E-state index in [9.17, 15) is 9.59 Å². The van der Waals surface area contributed by atoms with E-state index in [-0.39, 0.29) is 24.1 Å². The van der Waals surface area contributed by atoms with Crippen molar-refractivity contribution >= 4 is 28.4 Å². The van der Waals surface area contributed by atoms with Gasteiger partial charge >= 0.3 is 0 Å². The summed E-state index contributed by atoms with van der Waals surface area (Å²) in [6.07, 6.45) is 2.94. The van der Waals surface area contributed by atoms with E-state index < -0.39 is 0 Å². The van der Waals surface area contributed by atoms with Crippen molar-refractivity contribution in [3.8, 4) is 0 Å². The molecule has 0 saturated heterocycles. The van der Waals surface area contributed by atoms with Gasteiger partial charge in [-0.2, -0.15) is 0 Å². The summed E-state index contributed by atoms with van der Waals surface area (Å²) in [5.74, 6) is 0.405. The zero-order valence-electron chi connectivity index (χ0n) is 18.9. The number of benzene rings is 2. The molecule has 0 aliphatic carbocycles. The first-order valence-electron chi connectivity index (χ1n) is 11.0. The van der Waals surface area contributed by atoms with Gasteiger partial charge in [-0.05, 0) is 37.1 Å². The van der Waals surface area contributed by atoms with Gasteiger partial charge in [0.15, 0.2) is 0 Å². The van der Waals surface area contributed by atoms with E-state index in [2.05, 4.69) is 6.92 Å². The van der Waals surface area contributed by atoms with Gasteiger partial charge in [0.2, 0.25) is 5.91 Å². The number of hydrogen-bond donors (Lipinski definition) is 0. The Balaban J connectivity index is 1.83. The molecule has 0 aliphatic heterocycles. The van der Waals surface area contributed by atoms with Gasteiger partial charge in [-0.15, -0.1) is 0 Å². The molecule has 3 rings (SSSR count). The van der Waals surface area contributed by atoms with Crippen LogP contribution < -0.4 is 5.56 Å². The highest BCUT2D eigenvalue weighted by Gasteiger charge is 2.25. The molecule has 0 bridgehead atoms. The Morgan fingerprint density at radius 3 is 2.66 bits per heavy atom. The lowest BCUT2D eigenvalue weighted by Gasteiger charge is -2.30. The van der Waals surface area contributed by atoms with Crippen molar-refractivity contribution in [2.75, 3.05) is 13.2 Å². The lowest BCUT2D eigenvalue weighted by atomic mass is 10.1. The second kappa shape index (κ2) is 11.2. The highest BCUT2D eigenvalue weighted by molar-refractivity contribution is 6.31. The number of fused-ring (bicyclic) bond motifs is 1. The highest BCUT2D eigenvalue weighted by atomic mass is 35.5. The number of unbranched alkanes of at least 4 members (excludes halogenated alkanes) is 2. The summed E-state index contributed by atoms with van der Waals surface area (Å²) in [5.41, 5.74) is 1.39. The van der Waals surface area contributed by atoms with E-state index in [4.69, 9.17) is 21.3 Å². The molecule has 0 aliphatic rings. The summed E-state index contributed by atoms with van der Waals surface area (Å²) < 4.78 is 7.22. The van der Waals surface area contributed by atoms with Crippen molar-refractivity contribution in [1.82, 2.24) is 14.5 Å². The minimum absolute atomic E-state index is 0.0291. The Hall–Kier alpha value is -2.70. The van der Waals surface area contributed by atoms with Crippen LogP contribution in [0.4, 0.5) is 0 Å². The molecule has 0 saturated carbocycles. The third-order valence-corrected chi connectivity index (χ3v) is 5.81. The molecular weight excluding hydrogens is 426 g/mol. The van der Waals surface area contributed by atoms with Crippen LogP contribution in [0.5, 0.6) is 0 Å². The highest BCUT2D eigenvalue weighted by Crippen LogP contribution is 2.22. The van der Waals surface area contributed by atoms with Gasteiger partial charge in [-0.1, -0.05) is 61.7 Å². The van der Waals surface area contributed by atoms with Gasteiger partial charge in [0.25, 0.3) is 5.56 Å². The number of aromatic nitrogens is 2. The summed E-state index contributed by atoms with van der Waals surface area (Å²) in [4.78, 5) is 32.5. The van der Waals surface area contributed by atoms with Crippen LogP contribution in [-0.2, 0) is 23.2 Å². The SMILES string of the molecule is CCCCCN(C(=O)COCc1ccccc1)C(C)c1nc2cc(Cl)ccc2c(=O)n1C. The van der Waals surface area contributed by atoms with Crippen molar-refractivity contribution in [2.24, 2.45) is 7.05 Å². The quantitative estimate of drug-likeness (QED) is 0.408. The molecule has 1 amide bonds. The molecule has 1 unspecified atom stereocenters. The second-order valence-electron chi connectivity index (χ2n) is 7.94. The average molecular weight is 456 g/mol. The summed E-state index contributed by atoms with van der Waals surface area (Å²) in [6.45, 7) is 4.94. The lowest BCUT2D eigenvalue weighted by Crippen LogP contribution is -2.39. The van der Waals surface area contributed by atoms with E-state index in [1.807, 2.05) is 37.3 Å². The second-order valence-corrected chi connectivity index (χ2v) is 8.38. The van der Waals surface area contributed by atoms with Crippen LogP contribution in [0, 0.1) is 0 Å². The fourth-order valence-electron chi connectivity index (χ4n) is 3.75. The number of hydrogen-bond acceptors (Lipinski definition) is 4. The molecule has 0 radical (unpaired) electrons. The predicted octanol–water partition coefficient (Wildman–Crippen LogP) is 4.88. The van der Waals surface area contributed by atoms with Gasteiger partial charge in [0.1, 0.15) is 12.4 Å². The fraction of sp³-hybridized carbons (Fsp3) is 0.400. The number of rotatable bonds is 10. The third kappa shape index (κ3) is 5.75. The maximum Gasteiger partial charge on any atom is 0.261 e. The number of amides is 1. The van der Waals surface area contributed by atoms with Gasteiger partial charge in [-0.3, -0.25) is 14.2 Å². The van der Waals surface area contributed by atoms with E-state index in [1.54, 1.807) is 30.1 Å². The number of nitrogens with zero attached hydrogens (tertiary/aromatic N) is 3. The van der Waals surface area contributed by atoms with Gasteiger partial charge in [0.05, 0.1) is 23.6 Å². The predicted molar refractivity (Wildman–Crippen MR) is 128 cm³/mol. The summed E-state index contributed by atoms with van der Waals surface area (Å²) in [6, 6.07) is 14.4. The number of halogens is 1. The summed E-state index contributed by atoms with van der Waals surface area (Å²) in [5, 5.41) is 1.02. The molecule has 3 aromatic rings. The van der Waals surface area contributed by atoms with Crippen LogP contribution in [-0.4, -0.2) is 33.5 Å². The van der Waals surface area contributed by atoms with Crippen molar-refractivity contribution < 1.29 is 9.53 Å². The Bertz CT molecular complexity index is 1110. The van der Waals surface area contributed by atoms with E-state index in [0.717, 1.165) is 24.8 Å². The Morgan fingerprint density at radius 1 is 1.19 bits per heavy atom. The first-order chi connectivity index (χ1) is 15.4. The fourth-order valence-corrected chi connectivity index (χ4v) is 3.92. The van der Waals surface area contributed by atoms with Crippen LogP contribution in [0.1, 0.15) is 50.5 Å². The molecule has 2 aromatic carbocycles. The Labute approximate surface area is 193 Å². The van der Waals surface area contributed by atoms with Crippen LogP contribution in [0.2, 0.25) is 5.02 Å². The molecule has 0 N–H and O–H groups in total. The molecule has 1 atom stereocenters. The lowest BCUT2D eigenvalue weighted by molar-refractivity contribution is -0.139. The standard InChI is InChI=1S/C25H30ClN3O3/c1-4-5-9-14-29(23(30)17-32-16-19-10-7-6-8-11-19)18(2)24-27-22-15-20(26)12-13-21(22)25(31)28(24)3/h6-8,10-13,15,18H,4-5,9,14,16-17H2,1-3H3. The van der Waals surface area contributed by atoms with Crippen molar-refractivity contribution in [3.63, 3.8) is 0 Å². The maximum absolute atomic E-state index is 13.1. The number of ether oxygens (including phenoxy) is 1. The van der Waals surface area contributed by atoms with E-state index in [1.165, 1.54) is 4.57 Å². The van der Waals surface area contributed by atoms with Crippen molar-refractivity contribution in [2.45, 2.75) is 45.8 Å². The van der Waals surface area contributed by atoms with Gasteiger partial charge in [-0.25, -0.2) is 4.98 Å². The van der Waals surface area contributed by atoms with Crippen LogP contribution in [0.15, 0.2) is 53.3 Å². The van der Waals surface area contributed by atoms with Gasteiger partial charge < -0.3 is 9.64 Å². The molecule has 0 spiro atoms. The van der Waals surface area contributed by atoms with E-state index >= 15 is 0 Å². The molecule has 1 aromatic heterocycles. The normalized spacial score (nSPS) is 12.1. The van der Waals surface area contributed by atoms with Crippen molar-refractivity contribution in [3.05, 3.63) is 75.3 Å². The zero-order chi connectivity index (χ0) is 23.1. The van der Waals surface area contributed by atoms with Crippen LogP contribution >= 0.6 is 11.6 Å². The molecule has 1 heterocycles. The molecule has 7 heteroatoms. The monoisotopic (exact) mass is 455 g/mol. The number of carbonyl (C=O) groups excluding carboxylic acids is 1. The third-order valence-electron chi connectivity index (χ3n) is 5.57.